The van der Waals surface area contributed by atoms with Gasteiger partial charge in [-0.1, -0.05) is 11.8 Å². The third-order valence-electron chi connectivity index (χ3n) is 5.23. The number of methoxy groups -OCH3 is 1. The fourth-order valence-electron chi connectivity index (χ4n) is 3.87. The molecule has 1 aromatic heterocycles. The molecule has 0 fully saturated rings. The number of hydrogen-bond acceptors (Lipinski definition) is 4. The quantitative estimate of drug-likeness (QED) is 0.587. The van der Waals surface area contributed by atoms with Gasteiger partial charge in [0.2, 0.25) is 17.1 Å². The highest BCUT2D eigenvalue weighted by Gasteiger charge is 2.26. The van der Waals surface area contributed by atoms with Crippen LogP contribution in [0.5, 0.6) is 5.75 Å². The van der Waals surface area contributed by atoms with E-state index >= 15 is 0 Å². The van der Waals surface area contributed by atoms with Crippen LogP contribution in [0.15, 0.2) is 58.5 Å². The summed E-state index contributed by atoms with van der Waals surface area (Å²) in [5.41, 5.74) is 4.35. The number of benzene rings is 2. The van der Waals surface area contributed by atoms with Gasteiger partial charge in [0.1, 0.15) is 12.3 Å². The molecule has 1 aliphatic heterocycles. The number of ether oxygens (including phenoxy) is 1. The Balaban J connectivity index is 1.75. The number of hydrogen-bond donors (Lipinski definition) is 1. The van der Waals surface area contributed by atoms with Crippen molar-refractivity contribution in [3.05, 3.63) is 59.3 Å². The van der Waals surface area contributed by atoms with Crippen LogP contribution >= 0.6 is 11.8 Å². The first-order valence-electron chi connectivity index (χ1n) is 10.1. The van der Waals surface area contributed by atoms with E-state index in [-0.39, 0.29) is 5.91 Å². The Morgan fingerprint density at radius 3 is 2.70 bits per heavy atom. The van der Waals surface area contributed by atoms with Crippen LogP contribution in [0.4, 0.5) is 11.4 Å². The topological polar surface area (TPSA) is 45.5 Å². The van der Waals surface area contributed by atoms with Crippen molar-refractivity contribution < 1.29 is 14.1 Å². The summed E-state index contributed by atoms with van der Waals surface area (Å²) >= 11 is 1.74. The summed E-state index contributed by atoms with van der Waals surface area (Å²) < 4.78 is 7.70. The molecule has 0 unspecified atom stereocenters. The molecule has 0 spiro atoms. The normalized spacial score (nSPS) is 14.3. The van der Waals surface area contributed by atoms with Gasteiger partial charge in [0.25, 0.3) is 0 Å². The number of rotatable bonds is 5. The third kappa shape index (κ3) is 3.75. The van der Waals surface area contributed by atoms with E-state index in [0.717, 1.165) is 40.5 Å². The van der Waals surface area contributed by atoms with Crippen molar-refractivity contribution in [1.29, 1.82) is 0 Å². The second-order valence-electron chi connectivity index (χ2n) is 7.12. The summed E-state index contributed by atoms with van der Waals surface area (Å²) in [7, 11) is 1.69. The Bertz CT molecular complexity index is 1160. The zero-order valence-corrected chi connectivity index (χ0v) is 18.5. The maximum absolute atomic E-state index is 11.4. The summed E-state index contributed by atoms with van der Waals surface area (Å²) in [5, 5.41) is 5.22. The zero-order valence-electron chi connectivity index (χ0n) is 17.7. The van der Waals surface area contributed by atoms with Gasteiger partial charge in [0.15, 0.2) is 0 Å². The molecule has 4 rings (SSSR count). The molecule has 0 saturated heterocycles. The average molecular weight is 421 g/mol. The summed E-state index contributed by atoms with van der Waals surface area (Å²) in [6.45, 7) is 7.61. The smallest absolute Gasteiger partial charge is 0.221 e. The van der Waals surface area contributed by atoms with Gasteiger partial charge in [-0.3, -0.25) is 4.79 Å². The van der Waals surface area contributed by atoms with Gasteiger partial charge in [-0.15, -0.1) is 0 Å². The standard InChI is InChI=1S/C24H25N3O2S/c1-5-26-19(9-7-17-13-20(29-4)10-12-21(17)26)15-24-27(6-2)22-11-8-18(25-16(3)28)14-23(22)30-24/h7-15H,5-6H2,1-4H3/p+1. The highest BCUT2D eigenvalue weighted by molar-refractivity contribution is 8.03. The fourth-order valence-corrected chi connectivity index (χ4v) is 5.08. The highest BCUT2D eigenvalue weighted by Crippen LogP contribution is 2.47. The molecular formula is C24H26N3O2S+. The number of nitrogens with one attached hydrogen (secondary N) is 1. The second-order valence-corrected chi connectivity index (χ2v) is 8.18. The molecule has 0 aliphatic carbocycles. The zero-order chi connectivity index (χ0) is 21.3. The van der Waals surface area contributed by atoms with Crippen LogP contribution in [0.1, 0.15) is 26.5 Å². The number of anilines is 2. The van der Waals surface area contributed by atoms with E-state index in [9.17, 15) is 4.79 Å². The molecule has 0 saturated carbocycles. The predicted molar refractivity (Wildman–Crippen MR) is 124 cm³/mol. The maximum Gasteiger partial charge on any atom is 0.221 e. The summed E-state index contributed by atoms with van der Waals surface area (Å²) in [6, 6.07) is 16.6. The van der Waals surface area contributed by atoms with E-state index < -0.39 is 0 Å². The number of thioether (sulfide) groups is 1. The Morgan fingerprint density at radius 2 is 2.00 bits per heavy atom. The third-order valence-corrected chi connectivity index (χ3v) is 6.32. The minimum absolute atomic E-state index is 0.0576. The molecule has 0 bridgehead atoms. The van der Waals surface area contributed by atoms with E-state index in [4.69, 9.17) is 4.74 Å². The van der Waals surface area contributed by atoms with Gasteiger partial charge in [-0.05, 0) is 50.2 Å². The molecule has 154 valence electrons. The van der Waals surface area contributed by atoms with Gasteiger partial charge < -0.3 is 15.0 Å². The maximum atomic E-state index is 11.4. The van der Waals surface area contributed by atoms with Crippen molar-refractivity contribution in [2.75, 3.05) is 23.9 Å². The van der Waals surface area contributed by atoms with Crippen molar-refractivity contribution in [3.63, 3.8) is 0 Å². The first-order valence-corrected chi connectivity index (χ1v) is 10.9. The van der Waals surface area contributed by atoms with Crippen LogP contribution in [0.25, 0.3) is 17.0 Å². The van der Waals surface area contributed by atoms with E-state index in [1.165, 1.54) is 23.2 Å². The molecule has 5 nitrogen and oxygen atoms in total. The van der Waals surface area contributed by atoms with E-state index in [2.05, 4.69) is 65.0 Å². The highest BCUT2D eigenvalue weighted by atomic mass is 32.2. The summed E-state index contributed by atoms with van der Waals surface area (Å²) in [5.74, 6) is 0.808. The molecule has 2 aromatic carbocycles. The molecule has 0 radical (unpaired) electrons. The number of aryl methyl sites for hydroxylation is 1. The molecule has 3 aromatic rings. The van der Waals surface area contributed by atoms with Crippen LogP contribution in [0.3, 0.4) is 0 Å². The van der Waals surface area contributed by atoms with Gasteiger partial charge in [0.05, 0.1) is 23.2 Å². The van der Waals surface area contributed by atoms with Gasteiger partial charge in [-0.25, -0.2) is 0 Å². The molecule has 30 heavy (non-hydrogen) atoms. The second kappa shape index (κ2) is 8.40. The lowest BCUT2D eigenvalue weighted by atomic mass is 10.1. The van der Waals surface area contributed by atoms with Crippen molar-refractivity contribution >= 4 is 46.0 Å². The number of nitrogens with zero attached hydrogens (tertiary/aromatic N) is 2. The van der Waals surface area contributed by atoms with Crippen LogP contribution in [-0.2, 0) is 11.3 Å². The summed E-state index contributed by atoms with van der Waals surface area (Å²) in [6.07, 6.45) is 2.25. The van der Waals surface area contributed by atoms with Crippen LogP contribution in [0.2, 0.25) is 0 Å². The van der Waals surface area contributed by atoms with Crippen molar-refractivity contribution in [1.82, 2.24) is 0 Å². The number of carbonyl (C=O) groups excluding carboxylic acids is 1. The van der Waals surface area contributed by atoms with Crippen molar-refractivity contribution in [2.24, 2.45) is 0 Å². The minimum Gasteiger partial charge on any atom is -0.497 e. The Hall–Kier alpha value is -2.99. The summed E-state index contributed by atoms with van der Waals surface area (Å²) in [4.78, 5) is 14.9. The minimum atomic E-state index is -0.0576. The number of pyridine rings is 1. The SMILES string of the molecule is CCN1/C(=C\c2ccc3cc(OC)ccc3[n+]2CC)Sc2cc(NC(C)=O)ccc21. The van der Waals surface area contributed by atoms with E-state index in [1.54, 1.807) is 18.9 Å². The number of amides is 1. The largest absolute Gasteiger partial charge is 0.497 e. The molecule has 6 heteroatoms. The van der Waals surface area contributed by atoms with E-state index in [0.29, 0.717) is 0 Å². The Labute approximate surface area is 181 Å². The average Bonchev–Trinajstić information content (AvgIpc) is 3.08. The lowest BCUT2D eigenvalue weighted by Gasteiger charge is -2.18. The van der Waals surface area contributed by atoms with Gasteiger partial charge in [0, 0.05) is 42.3 Å². The Kier molecular flexibility index (Phi) is 5.68. The lowest BCUT2D eigenvalue weighted by molar-refractivity contribution is -0.669. The molecular weight excluding hydrogens is 394 g/mol. The van der Waals surface area contributed by atoms with Crippen LogP contribution in [-0.4, -0.2) is 19.6 Å². The molecule has 0 atom stereocenters. The number of carbonyl (C=O) groups is 1. The first-order chi connectivity index (χ1) is 14.5. The number of aromatic nitrogens is 1. The van der Waals surface area contributed by atoms with E-state index in [1.807, 2.05) is 18.2 Å². The fraction of sp³-hybridized carbons (Fsp3) is 0.250. The lowest BCUT2D eigenvalue weighted by Crippen LogP contribution is -2.37. The monoisotopic (exact) mass is 420 g/mol. The van der Waals surface area contributed by atoms with Crippen molar-refractivity contribution in [2.45, 2.75) is 32.2 Å². The molecule has 1 N–H and O–H groups in total. The Morgan fingerprint density at radius 1 is 1.17 bits per heavy atom. The molecule has 2 heterocycles. The molecule has 1 aliphatic rings. The van der Waals surface area contributed by atoms with Crippen molar-refractivity contribution in [3.8, 4) is 5.75 Å². The predicted octanol–water partition coefficient (Wildman–Crippen LogP) is 5.04. The first kappa shape index (κ1) is 20.3. The number of fused-ring (bicyclic) bond motifs is 2. The van der Waals surface area contributed by atoms with Crippen LogP contribution in [0, 0.1) is 0 Å². The van der Waals surface area contributed by atoms with Crippen LogP contribution < -0.4 is 19.5 Å². The van der Waals surface area contributed by atoms with Gasteiger partial charge in [-0.2, -0.15) is 4.57 Å². The van der Waals surface area contributed by atoms with Gasteiger partial charge >= 0.3 is 0 Å². The molecule has 1 amide bonds.